The summed E-state index contributed by atoms with van der Waals surface area (Å²) in [5.41, 5.74) is 7.66. The van der Waals surface area contributed by atoms with Gasteiger partial charge in [0.25, 0.3) is 0 Å². The molecule has 116 valence electrons. The topological polar surface area (TPSA) is 49.6 Å². The summed E-state index contributed by atoms with van der Waals surface area (Å²) in [4.78, 5) is 16.8. The number of amides is 1. The lowest BCUT2D eigenvalue weighted by Gasteiger charge is -2.28. The fourth-order valence-electron chi connectivity index (χ4n) is 3.10. The lowest BCUT2D eigenvalue weighted by molar-refractivity contribution is -0.132. The van der Waals surface area contributed by atoms with Crippen molar-refractivity contribution in [1.82, 2.24) is 9.80 Å². The number of hydrogen-bond acceptors (Lipinski definition) is 3. The van der Waals surface area contributed by atoms with E-state index < -0.39 is 0 Å². The van der Waals surface area contributed by atoms with E-state index in [2.05, 4.69) is 30.8 Å². The van der Waals surface area contributed by atoms with Crippen molar-refractivity contribution in [3.05, 3.63) is 29.8 Å². The van der Waals surface area contributed by atoms with Gasteiger partial charge in [-0.05, 0) is 50.6 Å². The third-order valence-corrected chi connectivity index (χ3v) is 4.26. The number of rotatable bonds is 5. The minimum atomic E-state index is 0.235. The predicted molar refractivity (Wildman–Crippen MR) is 87.2 cm³/mol. The second kappa shape index (κ2) is 6.94. The van der Waals surface area contributed by atoms with Crippen LogP contribution in [0.25, 0.3) is 0 Å². The molecule has 1 aliphatic rings. The van der Waals surface area contributed by atoms with Gasteiger partial charge in [-0.15, -0.1) is 0 Å². The average Bonchev–Trinajstić information content (AvgIpc) is 2.86. The van der Waals surface area contributed by atoms with Gasteiger partial charge in [0.15, 0.2) is 0 Å². The van der Waals surface area contributed by atoms with E-state index >= 15 is 0 Å². The summed E-state index contributed by atoms with van der Waals surface area (Å²) >= 11 is 0. The molecule has 4 nitrogen and oxygen atoms in total. The molecular formula is C17H27N3O. The lowest BCUT2D eigenvalue weighted by atomic mass is 9.97. The van der Waals surface area contributed by atoms with Crippen LogP contribution in [0, 0.1) is 0 Å². The molecule has 0 aromatic heterocycles. The van der Waals surface area contributed by atoms with Crippen LogP contribution in [0.3, 0.4) is 0 Å². The van der Waals surface area contributed by atoms with Crippen LogP contribution in [0.2, 0.25) is 0 Å². The summed E-state index contributed by atoms with van der Waals surface area (Å²) < 4.78 is 0. The van der Waals surface area contributed by atoms with E-state index in [1.54, 1.807) is 0 Å². The normalized spacial score (nSPS) is 20.0. The summed E-state index contributed by atoms with van der Waals surface area (Å²) in [6.45, 7) is 3.98. The van der Waals surface area contributed by atoms with Crippen LogP contribution in [-0.4, -0.2) is 48.9 Å². The molecule has 1 aliphatic heterocycles. The number of likely N-dealkylation sites (tertiary alicyclic amines) is 1. The van der Waals surface area contributed by atoms with Crippen LogP contribution in [0.1, 0.15) is 37.7 Å². The van der Waals surface area contributed by atoms with Gasteiger partial charge in [-0.3, -0.25) is 4.79 Å². The Morgan fingerprint density at radius 2 is 2.05 bits per heavy atom. The Morgan fingerprint density at radius 3 is 2.67 bits per heavy atom. The highest BCUT2D eigenvalue weighted by molar-refractivity contribution is 5.77. The Labute approximate surface area is 127 Å². The molecule has 1 aromatic rings. The number of nitrogens with zero attached hydrogens (tertiary/aromatic N) is 2. The van der Waals surface area contributed by atoms with Gasteiger partial charge in [0.1, 0.15) is 0 Å². The fraction of sp³-hybridized carbons (Fsp3) is 0.588. The number of likely N-dealkylation sites (N-methyl/N-ethyl adjacent to an activating group) is 1. The maximum Gasteiger partial charge on any atom is 0.223 e. The summed E-state index contributed by atoms with van der Waals surface area (Å²) in [7, 11) is 4.13. The van der Waals surface area contributed by atoms with Gasteiger partial charge in [0.2, 0.25) is 5.91 Å². The highest BCUT2D eigenvalue weighted by atomic mass is 16.2. The molecular weight excluding hydrogens is 262 g/mol. The minimum Gasteiger partial charge on any atom is -0.399 e. The van der Waals surface area contributed by atoms with E-state index in [0.717, 1.165) is 31.6 Å². The van der Waals surface area contributed by atoms with E-state index in [1.165, 1.54) is 5.56 Å². The molecule has 2 atom stereocenters. The summed E-state index contributed by atoms with van der Waals surface area (Å²) in [6.07, 6.45) is 2.83. The zero-order valence-electron chi connectivity index (χ0n) is 13.4. The third-order valence-electron chi connectivity index (χ3n) is 4.26. The molecule has 1 fully saturated rings. The fourth-order valence-corrected chi connectivity index (χ4v) is 3.10. The number of anilines is 1. The number of hydrogen-bond donors (Lipinski definition) is 1. The molecule has 1 aromatic carbocycles. The molecule has 1 heterocycles. The molecule has 2 unspecified atom stereocenters. The first-order valence-corrected chi connectivity index (χ1v) is 7.77. The van der Waals surface area contributed by atoms with Crippen molar-refractivity contribution < 1.29 is 4.79 Å². The van der Waals surface area contributed by atoms with Crippen molar-refractivity contribution in [2.75, 3.05) is 32.9 Å². The number of carbonyl (C=O) groups is 1. The zero-order valence-corrected chi connectivity index (χ0v) is 13.4. The SMILES string of the molecule is CC(CC(=O)N1CCCC1CN(C)C)c1ccc(N)cc1. The van der Waals surface area contributed by atoms with Crippen molar-refractivity contribution in [2.45, 2.75) is 38.1 Å². The number of benzene rings is 1. The van der Waals surface area contributed by atoms with Gasteiger partial charge >= 0.3 is 0 Å². The molecule has 1 amide bonds. The molecule has 0 radical (unpaired) electrons. The van der Waals surface area contributed by atoms with E-state index in [9.17, 15) is 4.79 Å². The molecule has 0 aliphatic carbocycles. The van der Waals surface area contributed by atoms with Gasteiger partial charge in [-0.2, -0.15) is 0 Å². The highest BCUT2D eigenvalue weighted by Gasteiger charge is 2.29. The summed E-state index contributed by atoms with van der Waals surface area (Å²) in [5.74, 6) is 0.516. The van der Waals surface area contributed by atoms with Crippen LogP contribution in [0.15, 0.2) is 24.3 Å². The molecule has 21 heavy (non-hydrogen) atoms. The van der Waals surface area contributed by atoms with Crippen LogP contribution in [-0.2, 0) is 4.79 Å². The Hall–Kier alpha value is -1.55. The third kappa shape index (κ3) is 4.21. The highest BCUT2D eigenvalue weighted by Crippen LogP contribution is 2.24. The van der Waals surface area contributed by atoms with Crippen molar-refractivity contribution in [2.24, 2.45) is 0 Å². The first-order valence-electron chi connectivity index (χ1n) is 7.77. The summed E-state index contributed by atoms with van der Waals surface area (Å²) in [5, 5.41) is 0. The van der Waals surface area contributed by atoms with Gasteiger partial charge in [-0.1, -0.05) is 19.1 Å². The van der Waals surface area contributed by atoms with E-state index in [0.29, 0.717) is 12.5 Å². The maximum atomic E-state index is 12.6. The van der Waals surface area contributed by atoms with Gasteiger partial charge < -0.3 is 15.5 Å². The largest absolute Gasteiger partial charge is 0.399 e. The summed E-state index contributed by atoms with van der Waals surface area (Å²) in [6, 6.07) is 8.23. The van der Waals surface area contributed by atoms with Crippen molar-refractivity contribution in [1.29, 1.82) is 0 Å². The lowest BCUT2D eigenvalue weighted by Crippen LogP contribution is -2.41. The van der Waals surface area contributed by atoms with Crippen LogP contribution in [0.5, 0.6) is 0 Å². The predicted octanol–water partition coefficient (Wildman–Crippen LogP) is 2.32. The standard InChI is InChI=1S/C17H27N3O/c1-13(14-6-8-15(18)9-7-14)11-17(21)20-10-4-5-16(20)12-19(2)3/h6-9,13,16H,4-5,10-12,18H2,1-3H3. The molecule has 4 heteroatoms. The quantitative estimate of drug-likeness (QED) is 0.846. The molecule has 0 saturated carbocycles. The number of nitrogen functional groups attached to an aromatic ring is 1. The Kier molecular flexibility index (Phi) is 5.23. The molecule has 0 spiro atoms. The monoisotopic (exact) mass is 289 g/mol. The maximum absolute atomic E-state index is 12.6. The molecule has 1 saturated heterocycles. The smallest absolute Gasteiger partial charge is 0.223 e. The van der Waals surface area contributed by atoms with Crippen molar-refractivity contribution in [3.63, 3.8) is 0 Å². The first-order chi connectivity index (χ1) is 9.97. The Balaban J connectivity index is 1.95. The van der Waals surface area contributed by atoms with Crippen LogP contribution < -0.4 is 5.73 Å². The van der Waals surface area contributed by atoms with Crippen molar-refractivity contribution in [3.8, 4) is 0 Å². The second-order valence-electron chi connectivity index (χ2n) is 6.42. The average molecular weight is 289 g/mol. The van der Waals surface area contributed by atoms with Gasteiger partial charge in [0.05, 0.1) is 0 Å². The molecule has 2 N–H and O–H groups in total. The van der Waals surface area contributed by atoms with Gasteiger partial charge in [-0.25, -0.2) is 0 Å². The number of carbonyl (C=O) groups excluding carboxylic acids is 1. The Morgan fingerprint density at radius 1 is 1.38 bits per heavy atom. The first kappa shape index (κ1) is 15.8. The minimum absolute atomic E-state index is 0.235. The van der Waals surface area contributed by atoms with Crippen LogP contribution >= 0.6 is 0 Å². The Bertz CT molecular complexity index is 469. The second-order valence-corrected chi connectivity index (χ2v) is 6.42. The van der Waals surface area contributed by atoms with Crippen molar-refractivity contribution >= 4 is 11.6 Å². The van der Waals surface area contributed by atoms with Crippen LogP contribution in [0.4, 0.5) is 5.69 Å². The number of nitrogens with two attached hydrogens (primary N) is 1. The van der Waals surface area contributed by atoms with E-state index in [-0.39, 0.29) is 11.8 Å². The van der Waals surface area contributed by atoms with Gasteiger partial charge in [0, 0.05) is 31.2 Å². The van der Waals surface area contributed by atoms with E-state index in [4.69, 9.17) is 5.73 Å². The zero-order chi connectivity index (χ0) is 15.4. The molecule has 0 bridgehead atoms. The van der Waals surface area contributed by atoms with E-state index in [1.807, 2.05) is 24.3 Å². The molecule has 2 rings (SSSR count).